The van der Waals surface area contributed by atoms with E-state index in [1.54, 1.807) is 0 Å². The van der Waals surface area contributed by atoms with Crippen LogP contribution in [0.4, 0.5) is 0 Å². The summed E-state index contributed by atoms with van der Waals surface area (Å²) in [5.74, 6) is -0.533. The van der Waals surface area contributed by atoms with E-state index >= 15 is 0 Å². The van der Waals surface area contributed by atoms with Crippen LogP contribution >= 0.6 is 7.82 Å². The molecule has 0 bridgehead atoms. The van der Waals surface area contributed by atoms with Crippen molar-refractivity contribution in [1.82, 2.24) is 5.32 Å². The molecule has 2 atom stereocenters. The second-order valence-corrected chi connectivity index (χ2v) is 16.1. The Hall–Kier alpha value is -2.03. The summed E-state index contributed by atoms with van der Waals surface area (Å²) in [5, 5.41) is 12.7. The maximum atomic E-state index is 12.1. The molecule has 0 aliphatic rings. The zero-order valence-electron chi connectivity index (χ0n) is 35.1. The van der Waals surface area contributed by atoms with Crippen LogP contribution in [0.2, 0.25) is 0 Å². The van der Waals surface area contributed by atoms with Crippen LogP contribution in [0.15, 0.2) is 48.6 Å². The van der Waals surface area contributed by atoms with Crippen LogP contribution in [-0.2, 0) is 27.9 Å². The van der Waals surface area contributed by atoms with E-state index in [0.29, 0.717) is 6.42 Å². The zero-order chi connectivity index (χ0) is 40.3. The number of aliphatic hydroxyl groups excluding tert-OH is 1. The van der Waals surface area contributed by atoms with Crippen LogP contribution in [-0.4, -0.2) is 54.3 Å². The number of phosphoric ester groups is 1. The Bertz CT molecular complexity index is 1040. The van der Waals surface area contributed by atoms with Crippen molar-refractivity contribution < 1.29 is 37.9 Å². The summed E-state index contributed by atoms with van der Waals surface area (Å²) in [6.45, 7) is 3.50. The molecule has 320 valence electrons. The lowest BCUT2D eigenvalue weighted by atomic mass is 10.0. The Labute approximate surface area is 336 Å². The maximum Gasteiger partial charge on any atom is 0.472 e. The summed E-state index contributed by atoms with van der Waals surface area (Å²) in [6, 6.07) is 0. The number of esters is 1. The third kappa shape index (κ3) is 42.9. The third-order valence-corrected chi connectivity index (χ3v) is 10.2. The molecule has 0 aliphatic carbocycles. The molecule has 0 aromatic heterocycles. The molecule has 0 heterocycles. The Balaban J connectivity index is 3.63. The summed E-state index contributed by atoms with van der Waals surface area (Å²) in [4.78, 5) is 33.9. The standard InChI is InChI=1S/C45H82NO8P/c1-3-5-7-9-11-13-15-17-18-19-20-21-22-23-24-26-27-29-31-33-35-37-44(48)46-39-40-53-55(50,51)54-42-43(47)41-52-45(49)38-36-34-32-30-28-25-16-14-12-10-8-6-4-2/h11,13,17-18,20-21,23-24,43,47H,3-10,12,14-16,19,22,25-42H2,1-2H3,(H,46,48)(H,50,51)/b13-11-,18-17-,21-20-,24-23-. The Morgan fingerprint density at radius 3 is 1.51 bits per heavy atom. The van der Waals surface area contributed by atoms with Gasteiger partial charge in [0.15, 0.2) is 0 Å². The number of rotatable bonds is 41. The number of aliphatic hydroxyl groups is 1. The highest BCUT2D eigenvalue weighted by atomic mass is 31.2. The number of carbonyl (C=O) groups is 2. The predicted octanol–water partition coefficient (Wildman–Crippen LogP) is 12.3. The molecule has 0 radical (unpaired) electrons. The molecule has 10 heteroatoms. The normalized spacial score (nSPS) is 13.7. The molecular formula is C45H82NO8P. The van der Waals surface area contributed by atoms with Crippen molar-refractivity contribution in [2.45, 2.75) is 200 Å². The minimum atomic E-state index is -4.42. The van der Waals surface area contributed by atoms with E-state index in [9.17, 15) is 24.2 Å². The Kier molecular flexibility index (Phi) is 40.1. The summed E-state index contributed by atoms with van der Waals surface area (Å²) < 4.78 is 26.9. The van der Waals surface area contributed by atoms with Gasteiger partial charge in [-0.25, -0.2) is 4.57 Å². The average molecular weight is 796 g/mol. The lowest BCUT2D eigenvalue weighted by Gasteiger charge is -2.15. The Morgan fingerprint density at radius 1 is 0.564 bits per heavy atom. The van der Waals surface area contributed by atoms with E-state index in [4.69, 9.17) is 13.8 Å². The number of hydrogen-bond acceptors (Lipinski definition) is 7. The summed E-state index contributed by atoms with van der Waals surface area (Å²) in [5.41, 5.74) is 0. The van der Waals surface area contributed by atoms with E-state index in [0.717, 1.165) is 77.0 Å². The van der Waals surface area contributed by atoms with Crippen molar-refractivity contribution >= 4 is 19.7 Å². The Morgan fingerprint density at radius 2 is 0.982 bits per heavy atom. The van der Waals surface area contributed by atoms with Crippen molar-refractivity contribution in [2.75, 3.05) is 26.4 Å². The molecule has 9 nitrogen and oxygen atoms in total. The van der Waals surface area contributed by atoms with E-state index in [1.807, 2.05) is 0 Å². The number of unbranched alkanes of at least 4 members (excludes halogenated alkanes) is 20. The lowest BCUT2D eigenvalue weighted by Crippen LogP contribution is -2.27. The highest BCUT2D eigenvalue weighted by Crippen LogP contribution is 2.42. The fourth-order valence-corrected chi connectivity index (χ4v) is 6.65. The van der Waals surface area contributed by atoms with Gasteiger partial charge in [0.25, 0.3) is 0 Å². The SMILES string of the molecule is CCCCC/C=C\C/C=C\C/C=C\C/C=C\CCCCCCCC(=O)NCCOP(=O)(O)OCC(O)COC(=O)CCCCCCCCCCCCCCC. The summed E-state index contributed by atoms with van der Waals surface area (Å²) in [7, 11) is -4.42. The van der Waals surface area contributed by atoms with Gasteiger partial charge in [0, 0.05) is 19.4 Å². The van der Waals surface area contributed by atoms with Gasteiger partial charge in [-0.15, -0.1) is 0 Å². The minimum absolute atomic E-state index is 0.0706. The van der Waals surface area contributed by atoms with Crippen LogP contribution in [0.3, 0.4) is 0 Å². The van der Waals surface area contributed by atoms with Gasteiger partial charge in [0.1, 0.15) is 12.7 Å². The number of phosphoric acid groups is 1. The molecule has 0 aliphatic heterocycles. The van der Waals surface area contributed by atoms with Crippen LogP contribution in [0, 0.1) is 0 Å². The third-order valence-electron chi connectivity index (χ3n) is 9.26. The number of hydrogen-bond donors (Lipinski definition) is 3. The molecule has 3 N–H and O–H groups in total. The fourth-order valence-electron chi connectivity index (χ4n) is 5.89. The highest BCUT2D eigenvalue weighted by Gasteiger charge is 2.23. The monoisotopic (exact) mass is 796 g/mol. The average Bonchev–Trinajstić information content (AvgIpc) is 3.17. The second kappa shape index (κ2) is 41.6. The quantitative estimate of drug-likeness (QED) is 0.0241. The second-order valence-electron chi connectivity index (χ2n) is 14.7. The lowest BCUT2D eigenvalue weighted by molar-refractivity contribution is -0.147. The minimum Gasteiger partial charge on any atom is -0.463 e. The van der Waals surface area contributed by atoms with Crippen LogP contribution in [0.5, 0.6) is 0 Å². The van der Waals surface area contributed by atoms with Crippen molar-refractivity contribution in [3.05, 3.63) is 48.6 Å². The van der Waals surface area contributed by atoms with E-state index in [2.05, 4.69) is 67.8 Å². The van der Waals surface area contributed by atoms with Gasteiger partial charge in [-0.2, -0.15) is 0 Å². The zero-order valence-corrected chi connectivity index (χ0v) is 36.0. The van der Waals surface area contributed by atoms with Crippen LogP contribution in [0.1, 0.15) is 194 Å². The first-order valence-corrected chi connectivity index (χ1v) is 23.6. The van der Waals surface area contributed by atoms with Crippen molar-refractivity contribution in [1.29, 1.82) is 0 Å². The number of carbonyl (C=O) groups excluding carboxylic acids is 2. The molecule has 0 fully saturated rings. The van der Waals surface area contributed by atoms with Gasteiger partial charge < -0.3 is 20.1 Å². The van der Waals surface area contributed by atoms with E-state index in [1.165, 1.54) is 89.9 Å². The topological polar surface area (TPSA) is 131 Å². The molecule has 2 unspecified atom stereocenters. The first-order valence-electron chi connectivity index (χ1n) is 22.1. The van der Waals surface area contributed by atoms with E-state index < -0.39 is 26.5 Å². The van der Waals surface area contributed by atoms with Crippen molar-refractivity contribution in [2.24, 2.45) is 0 Å². The summed E-state index contributed by atoms with van der Waals surface area (Å²) >= 11 is 0. The van der Waals surface area contributed by atoms with Crippen molar-refractivity contribution in [3.63, 3.8) is 0 Å². The maximum absolute atomic E-state index is 12.1. The van der Waals surface area contributed by atoms with Crippen LogP contribution < -0.4 is 5.32 Å². The molecule has 0 saturated heterocycles. The van der Waals surface area contributed by atoms with E-state index in [-0.39, 0.29) is 32.1 Å². The highest BCUT2D eigenvalue weighted by molar-refractivity contribution is 7.47. The van der Waals surface area contributed by atoms with Gasteiger partial charge in [-0.3, -0.25) is 18.6 Å². The molecular weight excluding hydrogens is 713 g/mol. The molecule has 0 rings (SSSR count). The smallest absolute Gasteiger partial charge is 0.463 e. The number of nitrogens with one attached hydrogen (secondary N) is 1. The summed E-state index contributed by atoms with van der Waals surface area (Å²) in [6.07, 6.45) is 47.5. The van der Waals surface area contributed by atoms with Gasteiger partial charge in [0.05, 0.1) is 13.2 Å². The van der Waals surface area contributed by atoms with Gasteiger partial charge in [0.2, 0.25) is 5.91 Å². The first-order chi connectivity index (χ1) is 26.8. The largest absolute Gasteiger partial charge is 0.472 e. The molecule has 0 saturated carbocycles. The number of amides is 1. The van der Waals surface area contributed by atoms with Crippen LogP contribution in [0.25, 0.3) is 0 Å². The molecule has 55 heavy (non-hydrogen) atoms. The molecule has 0 aromatic rings. The number of allylic oxidation sites excluding steroid dienone is 8. The van der Waals surface area contributed by atoms with Gasteiger partial charge in [-0.05, 0) is 57.8 Å². The van der Waals surface area contributed by atoms with Gasteiger partial charge in [-0.1, -0.05) is 172 Å². The molecule has 0 spiro atoms. The first kappa shape index (κ1) is 53.0. The predicted molar refractivity (Wildman–Crippen MR) is 229 cm³/mol. The van der Waals surface area contributed by atoms with Gasteiger partial charge >= 0.3 is 13.8 Å². The molecule has 1 amide bonds. The fraction of sp³-hybridized carbons (Fsp3) is 0.778. The van der Waals surface area contributed by atoms with Crippen molar-refractivity contribution in [3.8, 4) is 0 Å². The molecule has 0 aromatic carbocycles. The number of ether oxygens (including phenoxy) is 1.